The predicted molar refractivity (Wildman–Crippen MR) is 92.2 cm³/mol. The summed E-state index contributed by atoms with van der Waals surface area (Å²) in [6.45, 7) is 7.14. The number of nitrogens with zero attached hydrogens (tertiary/aromatic N) is 1. The molecular formula is C16H27ClN2S. The van der Waals surface area contributed by atoms with Crippen molar-refractivity contribution in [1.29, 1.82) is 0 Å². The minimum Gasteiger partial charge on any atom is -0.317 e. The Balaban J connectivity index is 0.00000200. The maximum absolute atomic E-state index is 3.46. The lowest BCUT2D eigenvalue weighted by molar-refractivity contribution is 0.172. The zero-order valence-corrected chi connectivity index (χ0v) is 14.0. The SMILES string of the molecule is CCCN(CCSc1ccccc1)C1CCNCC1.Cl. The van der Waals surface area contributed by atoms with E-state index < -0.39 is 0 Å². The number of rotatable bonds is 7. The number of halogens is 1. The standard InChI is InChI=1S/C16H26N2S.ClH/c1-2-12-18(15-8-10-17-11-9-15)13-14-19-16-6-4-3-5-7-16;/h3-7,15,17H,2,8-14H2,1H3;1H. The zero-order valence-electron chi connectivity index (χ0n) is 12.4. The van der Waals surface area contributed by atoms with Crippen molar-refractivity contribution in [1.82, 2.24) is 10.2 Å². The van der Waals surface area contributed by atoms with Crippen LogP contribution >= 0.6 is 24.2 Å². The molecule has 1 aliphatic rings. The second kappa shape index (κ2) is 10.5. The molecule has 0 aliphatic carbocycles. The Morgan fingerprint density at radius 3 is 2.50 bits per heavy atom. The summed E-state index contributed by atoms with van der Waals surface area (Å²) >= 11 is 1.98. The molecule has 0 radical (unpaired) electrons. The number of nitrogens with one attached hydrogen (secondary N) is 1. The van der Waals surface area contributed by atoms with Crippen LogP contribution in [0, 0.1) is 0 Å². The second-order valence-electron chi connectivity index (χ2n) is 5.18. The highest BCUT2D eigenvalue weighted by Crippen LogP contribution is 2.19. The van der Waals surface area contributed by atoms with Crippen LogP contribution in [0.3, 0.4) is 0 Å². The molecule has 0 unspecified atom stereocenters. The van der Waals surface area contributed by atoms with E-state index in [2.05, 4.69) is 47.5 Å². The molecule has 2 rings (SSSR count). The number of piperidine rings is 1. The summed E-state index contributed by atoms with van der Waals surface area (Å²) in [5, 5.41) is 3.46. The molecule has 1 aromatic rings. The van der Waals surface area contributed by atoms with Crippen LogP contribution in [0.4, 0.5) is 0 Å². The van der Waals surface area contributed by atoms with Crippen LogP contribution in [0.2, 0.25) is 0 Å². The Morgan fingerprint density at radius 1 is 1.15 bits per heavy atom. The van der Waals surface area contributed by atoms with E-state index in [0.29, 0.717) is 0 Å². The number of hydrogen-bond acceptors (Lipinski definition) is 3. The van der Waals surface area contributed by atoms with Crippen molar-refractivity contribution in [2.45, 2.75) is 37.1 Å². The van der Waals surface area contributed by atoms with Gasteiger partial charge in [0.15, 0.2) is 0 Å². The minimum absolute atomic E-state index is 0. The van der Waals surface area contributed by atoms with Gasteiger partial charge in [0.25, 0.3) is 0 Å². The van der Waals surface area contributed by atoms with Crippen molar-refractivity contribution in [2.24, 2.45) is 0 Å². The van der Waals surface area contributed by atoms with Gasteiger partial charge in [-0.05, 0) is 51.0 Å². The van der Waals surface area contributed by atoms with Gasteiger partial charge in [0.05, 0.1) is 0 Å². The average molecular weight is 315 g/mol. The molecule has 0 atom stereocenters. The lowest BCUT2D eigenvalue weighted by Gasteiger charge is -2.34. The van der Waals surface area contributed by atoms with Crippen LogP contribution in [0.1, 0.15) is 26.2 Å². The number of thioether (sulfide) groups is 1. The topological polar surface area (TPSA) is 15.3 Å². The zero-order chi connectivity index (χ0) is 13.3. The van der Waals surface area contributed by atoms with E-state index in [1.54, 1.807) is 0 Å². The lowest BCUT2D eigenvalue weighted by Crippen LogP contribution is -2.44. The highest BCUT2D eigenvalue weighted by Gasteiger charge is 2.19. The minimum atomic E-state index is 0. The summed E-state index contributed by atoms with van der Waals surface area (Å²) in [5.74, 6) is 1.20. The van der Waals surface area contributed by atoms with E-state index in [-0.39, 0.29) is 12.4 Å². The molecule has 1 saturated heterocycles. The third-order valence-electron chi connectivity index (χ3n) is 3.73. The van der Waals surface area contributed by atoms with Gasteiger partial charge in [-0.3, -0.25) is 4.90 Å². The summed E-state index contributed by atoms with van der Waals surface area (Å²) in [7, 11) is 0. The van der Waals surface area contributed by atoms with Crippen LogP contribution in [0.25, 0.3) is 0 Å². The largest absolute Gasteiger partial charge is 0.317 e. The Morgan fingerprint density at radius 2 is 1.85 bits per heavy atom. The van der Waals surface area contributed by atoms with Crippen LogP contribution in [0.15, 0.2) is 35.2 Å². The van der Waals surface area contributed by atoms with Crippen LogP contribution in [-0.2, 0) is 0 Å². The first-order chi connectivity index (χ1) is 9.40. The summed E-state index contributed by atoms with van der Waals surface area (Å²) in [4.78, 5) is 4.10. The molecule has 20 heavy (non-hydrogen) atoms. The van der Waals surface area contributed by atoms with Crippen molar-refractivity contribution < 1.29 is 0 Å². The van der Waals surface area contributed by atoms with Crippen molar-refractivity contribution >= 4 is 24.2 Å². The molecule has 1 aliphatic heterocycles. The van der Waals surface area contributed by atoms with Gasteiger partial charge in [-0.25, -0.2) is 0 Å². The first-order valence-corrected chi connectivity index (χ1v) is 8.51. The molecule has 0 aromatic heterocycles. The summed E-state index contributed by atoms with van der Waals surface area (Å²) in [6.07, 6.45) is 3.89. The van der Waals surface area contributed by atoms with E-state index >= 15 is 0 Å². The van der Waals surface area contributed by atoms with Gasteiger partial charge in [-0.2, -0.15) is 0 Å². The molecule has 0 amide bonds. The maximum atomic E-state index is 3.46. The molecule has 0 spiro atoms. The van der Waals surface area contributed by atoms with Crippen molar-refractivity contribution in [3.63, 3.8) is 0 Å². The fourth-order valence-corrected chi connectivity index (χ4v) is 3.64. The molecule has 1 aromatic carbocycles. The molecule has 1 fully saturated rings. The molecule has 0 bridgehead atoms. The van der Waals surface area contributed by atoms with Gasteiger partial charge in [-0.15, -0.1) is 24.2 Å². The van der Waals surface area contributed by atoms with Gasteiger partial charge in [0, 0.05) is 23.2 Å². The average Bonchev–Trinajstić information content (AvgIpc) is 2.48. The van der Waals surface area contributed by atoms with Gasteiger partial charge < -0.3 is 5.32 Å². The second-order valence-corrected chi connectivity index (χ2v) is 6.35. The summed E-state index contributed by atoms with van der Waals surface area (Å²) < 4.78 is 0. The Hall–Kier alpha value is -0.220. The number of benzene rings is 1. The monoisotopic (exact) mass is 314 g/mol. The fourth-order valence-electron chi connectivity index (χ4n) is 2.73. The molecule has 2 nitrogen and oxygen atoms in total. The highest BCUT2D eigenvalue weighted by molar-refractivity contribution is 7.99. The Labute approximate surface area is 134 Å². The third kappa shape index (κ3) is 6.04. The molecular weight excluding hydrogens is 288 g/mol. The molecule has 4 heteroatoms. The lowest BCUT2D eigenvalue weighted by atomic mass is 10.0. The molecule has 1 N–H and O–H groups in total. The quantitative estimate of drug-likeness (QED) is 0.773. The molecule has 0 saturated carbocycles. The first kappa shape index (κ1) is 17.8. The van der Waals surface area contributed by atoms with Gasteiger partial charge >= 0.3 is 0 Å². The normalized spacial score (nSPS) is 16.1. The van der Waals surface area contributed by atoms with E-state index in [1.807, 2.05) is 11.8 Å². The summed E-state index contributed by atoms with van der Waals surface area (Å²) in [6, 6.07) is 11.6. The van der Waals surface area contributed by atoms with E-state index in [9.17, 15) is 0 Å². The highest BCUT2D eigenvalue weighted by atomic mass is 35.5. The van der Waals surface area contributed by atoms with Crippen molar-refractivity contribution in [3.8, 4) is 0 Å². The van der Waals surface area contributed by atoms with Crippen LogP contribution < -0.4 is 5.32 Å². The van der Waals surface area contributed by atoms with Crippen molar-refractivity contribution in [2.75, 3.05) is 31.9 Å². The Bertz CT molecular complexity index is 342. The van der Waals surface area contributed by atoms with Gasteiger partial charge in [-0.1, -0.05) is 25.1 Å². The molecule has 1 heterocycles. The van der Waals surface area contributed by atoms with Gasteiger partial charge in [0.1, 0.15) is 0 Å². The van der Waals surface area contributed by atoms with E-state index in [0.717, 1.165) is 6.04 Å². The molecule has 114 valence electrons. The van der Waals surface area contributed by atoms with Crippen LogP contribution in [-0.4, -0.2) is 42.9 Å². The third-order valence-corrected chi connectivity index (χ3v) is 4.72. The number of hydrogen-bond donors (Lipinski definition) is 1. The smallest absolute Gasteiger partial charge is 0.0120 e. The maximum Gasteiger partial charge on any atom is 0.0120 e. The summed E-state index contributed by atoms with van der Waals surface area (Å²) in [5.41, 5.74) is 0. The van der Waals surface area contributed by atoms with E-state index in [1.165, 1.54) is 56.1 Å². The van der Waals surface area contributed by atoms with Crippen LogP contribution in [0.5, 0.6) is 0 Å². The van der Waals surface area contributed by atoms with Gasteiger partial charge in [0.2, 0.25) is 0 Å². The fraction of sp³-hybridized carbons (Fsp3) is 0.625. The Kier molecular flexibility index (Phi) is 9.36. The first-order valence-electron chi connectivity index (χ1n) is 7.52. The van der Waals surface area contributed by atoms with E-state index in [4.69, 9.17) is 0 Å². The predicted octanol–water partition coefficient (Wildman–Crippen LogP) is 3.66. The van der Waals surface area contributed by atoms with Crippen molar-refractivity contribution in [3.05, 3.63) is 30.3 Å².